The zero-order valence-corrected chi connectivity index (χ0v) is 7.60. The molecule has 0 saturated carbocycles. The largest absolute Gasteiger partial charge is 0.374 e. The molecular formula is C9H19NO. The predicted molar refractivity (Wildman–Crippen MR) is 48.5 cm³/mol. The highest BCUT2D eigenvalue weighted by molar-refractivity contribution is 4.95. The summed E-state index contributed by atoms with van der Waals surface area (Å²) in [4.78, 5) is 0. The van der Waals surface area contributed by atoms with Crippen molar-refractivity contribution in [1.82, 2.24) is 0 Å². The molecule has 0 aromatic carbocycles. The molecule has 2 heteroatoms. The van der Waals surface area contributed by atoms with Gasteiger partial charge < -0.3 is 10.5 Å². The van der Waals surface area contributed by atoms with Crippen LogP contribution in [0.15, 0.2) is 12.2 Å². The summed E-state index contributed by atoms with van der Waals surface area (Å²) >= 11 is 0. The van der Waals surface area contributed by atoms with Crippen LogP contribution in [0.1, 0.15) is 26.7 Å². The van der Waals surface area contributed by atoms with E-state index < -0.39 is 0 Å². The number of hydrogen-bond donors (Lipinski definition) is 1. The molecule has 0 fully saturated rings. The van der Waals surface area contributed by atoms with Crippen LogP contribution in [0.4, 0.5) is 0 Å². The van der Waals surface area contributed by atoms with Gasteiger partial charge in [-0.25, -0.2) is 0 Å². The van der Waals surface area contributed by atoms with E-state index in [-0.39, 0.29) is 0 Å². The Kier molecular flexibility index (Phi) is 6.18. The summed E-state index contributed by atoms with van der Waals surface area (Å²) in [5, 5.41) is 0. The molecule has 0 radical (unpaired) electrons. The summed E-state index contributed by atoms with van der Waals surface area (Å²) in [6.45, 7) is 9.12. The molecule has 0 amide bonds. The van der Waals surface area contributed by atoms with Crippen LogP contribution in [0, 0.1) is 0 Å². The van der Waals surface area contributed by atoms with Gasteiger partial charge in [-0.1, -0.05) is 19.9 Å². The molecule has 1 atom stereocenters. The number of ether oxygens (including phenoxy) is 1. The highest BCUT2D eigenvalue weighted by Gasteiger charge is 1.99. The maximum absolute atomic E-state index is 5.46. The van der Waals surface area contributed by atoms with Crippen LogP contribution in [0.2, 0.25) is 0 Å². The maximum Gasteiger partial charge on any atom is 0.0690 e. The van der Waals surface area contributed by atoms with Crippen molar-refractivity contribution in [3.63, 3.8) is 0 Å². The standard InChI is InChI=1S/C9H19NO/c1-4-5-9(3)11-7-8(2)6-10/h9H,2,4-7,10H2,1,3H3. The van der Waals surface area contributed by atoms with Crippen LogP contribution in [0.25, 0.3) is 0 Å². The Balaban J connectivity index is 3.29. The summed E-state index contributed by atoms with van der Waals surface area (Å²) in [5.41, 5.74) is 6.32. The molecule has 11 heavy (non-hydrogen) atoms. The second-order valence-electron chi connectivity index (χ2n) is 2.86. The SMILES string of the molecule is C=C(CN)COC(C)CCC. The molecule has 2 nitrogen and oxygen atoms in total. The Morgan fingerprint density at radius 1 is 1.64 bits per heavy atom. The fourth-order valence-electron chi connectivity index (χ4n) is 0.809. The fourth-order valence-corrected chi connectivity index (χ4v) is 0.809. The molecule has 0 aromatic rings. The molecule has 0 aliphatic heterocycles. The molecule has 0 aliphatic carbocycles. The van der Waals surface area contributed by atoms with E-state index in [2.05, 4.69) is 20.4 Å². The molecule has 2 N–H and O–H groups in total. The maximum atomic E-state index is 5.46. The zero-order valence-electron chi connectivity index (χ0n) is 7.60. The Morgan fingerprint density at radius 3 is 2.73 bits per heavy atom. The Bertz CT molecular complexity index is 112. The monoisotopic (exact) mass is 157 g/mol. The topological polar surface area (TPSA) is 35.2 Å². The van der Waals surface area contributed by atoms with E-state index in [9.17, 15) is 0 Å². The van der Waals surface area contributed by atoms with E-state index in [0.29, 0.717) is 19.3 Å². The number of nitrogens with two attached hydrogens (primary N) is 1. The van der Waals surface area contributed by atoms with Gasteiger partial charge in [-0.2, -0.15) is 0 Å². The van der Waals surface area contributed by atoms with Gasteiger partial charge in [0.15, 0.2) is 0 Å². The van der Waals surface area contributed by atoms with Crippen LogP contribution < -0.4 is 5.73 Å². The van der Waals surface area contributed by atoms with Crippen molar-refractivity contribution < 1.29 is 4.74 Å². The van der Waals surface area contributed by atoms with Crippen LogP contribution in [0.3, 0.4) is 0 Å². The fraction of sp³-hybridized carbons (Fsp3) is 0.778. The molecule has 66 valence electrons. The van der Waals surface area contributed by atoms with Gasteiger partial charge in [0, 0.05) is 6.54 Å². The van der Waals surface area contributed by atoms with Crippen molar-refractivity contribution >= 4 is 0 Å². The van der Waals surface area contributed by atoms with Crippen molar-refractivity contribution in [3.05, 3.63) is 12.2 Å². The first-order chi connectivity index (χ1) is 5.20. The van der Waals surface area contributed by atoms with E-state index >= 15 is 0 Å². The van der Waals surface area contributed by atoms with Crippen molar-refractivity contribution in [2.24, 2.45) is 5.73 Å². The lowest BCUT2D eigenvalue weighted by atomic mass is 10.2. The summed E-state index contributed by atoms with van der Waals surface area (Å²) in [6, 6.07) is 0. The molecule has 0 saturated heterocycles. The molecule has 0 aromatic heterocycles. The zero-order chi connectivity index (χ0) is 8.69. The minimum Gasteiger partial charge on any atom is -0.374 e. The molecule has 0 spiro atoms. The molecule has 0 aliphatic rings. The van der Waals surface area contributed by atoms with Gasteiger partial charge in [0.1, 0.15) is 0 Å². The summed E-state index contributed by atoms with van der Waals surface area (Å²) < 4.78 is 5.46. The molecule has 1 unspecified atom stereocenters. The average molecular weight is 157 g/mol. The van der Waals surface area contributed by atoms with Gasteiger partial charge in [-0.3, -0.25) is 0 Å². The molecular weight excluding hydrogens is 138 g/mol. The first kappa shape index (κ1) is 10.7. The van der Waals surface area contributed by atoms with Crippen LogP contribution in [0.5, 0.6) is 0 Å². The van der Waals surface area contributed by atoms with Crippen molar-refractivity contribution in [2.75, 3.05) is 13.2 Å². The van der Waals surface area contributed by atoms with Gasteiger partial charge in [0.2, 0.25) is 0 Å². The molecule has 0 rings (SSSR count). The highest BCUT2D eigenvalue weighted by atomic mass is 16.5. The lowest BCUT2D eigenvalue weighted by Crippen LogP contribution is -2.13. The summed E-state index contributed by atoms with van der Waals surface area (Å²) in [5.74, 6) is 0. The van der Waals surface area contributed by atoms with Crippen LogP contribution in [-0.4, -0.2) is 19.3 Å². The highest BCUT2D eigenvalue weighted by Crippen LogP contribution is 2.01. The van der Waals surface area contributed by atoms with Crippen LogP contribution in [-0.2, 0) is 4.74 Å². The third kappa shape index (κ3) is 6.07. The van der Waals surface area contributed by atoms with E-state index in [4.69, 9.17) is 10.5 Å². The van der Waals surface area contributed by atoms with Crippen molar-refractivity contribution in [3.8, 4) is 0 Å². The Morgan fingerprint density at radius 2 is 2.27 bits per heavy atom. The first-order valence-electron chi connectivity index (χ1n) is 4.19. The normalized spacial score (nSPS) is 13.0. The molecule has 0 bridgehead atoms. The van der Waals surface area contributed by atoms with Crippen molar-refractivity contribution in [2.45, 2.75) is 32.8 Å². The third-order valence-electron chi connectivity index (χ3n) is 1.56. The minimum atomic E-state index is 0.336. The van der Waals surface area contributed by atoms with E-state index in [1.807, 2.05) is 0 Å². The summed E-state index contributed by atoms with van der Waals surface area (Å²) in [6.07, 6.45) is 2.61. The van der Waals surface area contributed by atoms with Gasteiger partial charge in [-0.05, 0) is 18.9 Å². The lowest BCUT2D eigenvalue weighted by Gasteiger charge is -2.11. The van der Waals surface area contributed by atoms with E-state index in [0.717, 1.165) is 18.4 Å². The quantitative estimate of drug-likeness (QED) is 0.596. The summed E-state index contributed by atoms with van der Waals surface area (Å²) in [7, 11) is 0. The predicted octanol–water partition coefficient (Wildman–Crippen LogP) is 1.71. The average Bonchev–Trinajstić information content (AvgIpc) is 2.01. The van der Waals surface area contributed by atoms with Gasteiger partial charge in [0.25, 0.3) is 0 Å². The van der Waals surface area contributed by atoms with Gasteiger partial charge in [-0.15, -0.1) is 0 Å². The number of rotatable bonds is 6. The number of hydrogen-bond acceptors (Lipinski definition) is 2. The first-order valence-corrected chi connectivity index (χ1v) is 4.19. The van der Waals surface area contributed by atoms with Gasteiger partial charge in [0.05, 0.1) is 12.7 Å². The second kappa shape index (κ2) is 6.38. The second-order valence-corrected chi connectivity index (χ2v) is 2.86. The third-order valence-corrected chi connectivity index (χ3v) is 1.56. The van der Waals surface area contributed by atoms with Gasteiger partial charge >= 0.3 is 0 Å². The smallest absolute Gasteiger partial charge is 0.0690 e. The van der Waals surface area contributed by atoms with E-state index in [1.165, 1.54) is 0 Å². The van der Waals surface area contributed by atoms with Crippen molar-refractivity contribution in [1.29, 1.82) is 0 Å². The minimum absolute atomic E-state index is 0.336. The molecule has 0 heterocycles. The van der Waals surface area contributed by atoms with E-state index in [1.54, 1.807) is 0 Å². The Hall–Kier alpha value is -0.340. The van der Waals surface area contributed by atoms with Crippen LogP contribution >= 0.6 is 0 Å². The Labute approximate surface area is 69.4 Å². The lowest BCUT2D eigenvalue weighted by molar-refractivity contribution is 0.0764.